The smallest absolute Gasteiger partial charge is 0.187 e. The molecular weight excluding hydrogens is 200 g/mol. The second kappa shape index (κ2) is 5.62. The SMILES string of the molecule is CC(C)(C)C(O)C(=O)C1=CCCCCCC1. The largest absolute Gasteiger partial charge is 0.384 e. The van der Waals surface area contributed by atoms with Gasteiger partial charge in [-0.05, 0) is 36.7 Å². The Labute approximate surface area is 98.7 Å². The Kier molecular flexibility index (Phi) is 4.72. The lowest BCUT2D eigenvalue weighted by atomic mass is 9.83. The van der Waals surface area contributed by atoms with E-state index >= 15 is 0 Å². The predicted molar refractivity (Wildman–Crippen MR) is 66.3 cm³/mol. The number of carbonyl (C=O) groups is 1. The molecule has 1 aliphatic carbocycles. The maximum Gasteiger partial charge on any atom is 0.187 e. The van der Waals surface area contributed by atoms with Crippen LogP contribution in [0.25, 0.3) is 0 Å². The van der Waals surface area contributed by atoms with Gasteiger partial charge < -0.3 is 5.11 Å². The summed E-state index contributed by atoms with van der Waals surface area (Å²) in [6.07, 6.45) is 7.71. The van der Waals surface area contributed by atoms with E-state index in [1.54, 1.807) is 0 Å². The van der Waals surface area contributed by atoms with Gasteiger partial charge in [-0.25, -0.2) is 0 Å². The van der Waals surface area contributed by atoms with Crippen LogP contribution in [-0.4, -0.2) is 17.0 Å². The summed E-state index contributed by atoms with van der Waals surface area (Å²) >= 11 is 0. The van der Waals surface area contributed by atoms with E-state index in [9.17, 15) is 9.90 Å². The van der Waals surface area contributed by atoms with Gasteiger partial charge in [0.15, 0.2) is 5.78 Å². The molecule has 0 heterocycles. The van der Waals surface area contributed by atoms with Crippen molar-refractivity contribution in [3.8, 4) is 0 Å². The molecule has 0 amide bonds. The molecule has 0 bridgehead atoms. The highest BCUT2D eigenvalue weighted by molar-refractivity contribution is 5.99. The first-order valence-electron chi connectivity index (χ1n) is 6.34. The van der Waals surface area contributed by atoms with E-state index in [2.05, 4.69) is 0 Å². The first-order chi connectivity index (χ1) is 7.43. The lowest BCUT2D eigenvalue weighted by Crippen LogP contribution is -2.35. The molecule has 2 nitrogen and oxygen atoms in total. The number of aliphatic hydroxyl groups excluding tert-OH is 1. The van der Waals surface area contributed by atoms with E-state index in [4.69, 9.17) is 0 Å². The van der Waals surface area contributed by atoms with Gasteiger partial charge in [0.25, 0.3) is 0 Å². The van der Waals surface area contributed by atoms with Gasteiger partial charge in [0.1, 0.15) is 6.10 Å². The topological polar surface area (TPSA) is 37.3 Å². The fourth-order valence-corrected chi connectivity index (χ4v) is 1.98. The molecule has 0 aromatic heterocycles. The average molecular weight is 224 g/mol. The summed E-state index contributed by atoms with van der Waals surface area (Å²) in [5.74, 6) is -0.0607. The van der Waals surface area contributed by atoms with Crippen molar-refractivity contribution in [3.05, 3.63) is 11.6 Å². The predicted octanol–water partition coefficient (Wildman–Crippen LogP) is 3.24. The van der Waals surface area contributed by atoms with Gasteiger partial charge in [-0.15, -0.1) is 0 Å². The van der Waals surface area contributed by atoms with Crippen molar-refractivity contribution in [2.24, 2.45) is 5.41 Å². The second-order valence-corrected chi connectivity index (χ2v) is 5.82. The van der Waals surface area contributed by atoms with Crippen LogP contribution in [0.4, 0.5) is 0 Å². The standard InChI is InChI=1S/C14H24O2/c1-14(2,3)13(16)12(15)11-9-7-5-4-6-8-10-11/h9,13,16H,4-8,10H2,1-3H3. The van der Waals surface area contributed by atoms with Crippen LogP contribution in [0.1, 0.15) is 59.3 Å². The average Bonchev–Trinajstić information content (AvgIpc) is 2.13. The molecule has 92 valence electrons. The van der Waals surface area contributed by atoms with Gasteiger partial charge >= 0.3 is 0 Å². The number of rotatable bonds is 2. The quantitative estimate of drug-likeness (QED) is 0.781. The molecule has 0 spiro atoms. The van der Waals surface area contributed by atoms with Crippen LogP contribution in [0.3, 0.4) is 0 Å². The molecule has 0 saturated carbocycles. The van der Waals surface area contributed by atoms with Crippen molar-refractivity contribution >= 4 is 5.78 Å². The molecule has 1 N–H and O–H groups in total. The molecule has 1 aliphatic rings. The zero-order valence-corrected chi connectivity index (χ0v) is 10.8. The van der Waals surface area contributed by atoms with Gasteiger partial charge in [-0.2, -0.15) is 0 Å². The molecule has 1 rings (SSSR count). The Morgan fingerprint density at radius 3 is 2.50 bits per heavy atom. The van der Waals surface area contributed by atoms with Crippen LogP contribution < -0.4 is 0 Å². The third-order valence-electron chi connectivity index (χ3n) is 3.18. The lowest BCUT2D eigenvalue weighted by molar-refractivity contribution is -0.128. The third kappa shape index (κ3) is 3.75. The van der Waals surface area contributed by atoms with E-state index in [0.29, 0.717) is 0 Å². The first-order valence-corrected chi connectivity index (χ1v) is 6.34. The molecular formula is C14H24O2. The summed E-state index contributed by atoms with van der Waals surface area (Å²) in [7, 11) is 0. The molecule has 2 heteroatoms. The Hall–Kier alpha value is -0.630. The number of allylic oxidation sites excluding steroid dienone is 1. The van der Waals surface area contributed by atoms with Crippen molar-refractivity contribution in [1.82, 2.24) is 0 Å². The molecule has 1 unspecified atom stereocenters. The maximum absolute atomic E-state index is 12.1. The summed E-state index contributed by atoms with van der Waals surface area (Å²) in [6.45, 7) is 5.71. The van der Waals surface area contributed by atoms with E-state index < -0.39 is 6.10 Å². The Morgan fingerprint density at radius 2 is 1.88 bits per heavy atom. The van der Waals surface area contributed by atoms with Crippen molar-refractivity contribution in [2.75, 3.05) is 0 Å². The summed E-state index contributed by atoms with van der Waals surface area (Å²) in [4.78, 5) is 12.1. The number of Topliss-reactive ketones (excluding diaryl/α,β-unsaturated/α-hetero) is 1. The molecule has 16 heavy (non-hydrogen) atoms. The fraction of sp³-hybridized carbons (Fsp3) is 0.786. The number of aliphatic hydroxyl groups is 1. The monoisotopic (exact) mass is 224 g/mol. The summed E-state index contributed by atoms with van der Waals surface area (Å²) < 4.78 is 0. The van der Waals surface area contributed by atoms with Crippen molar-refractivity contribution in [2.45, 2.75) is 65.4 Å². The van der Waals surface area contributed by atoms with Crippen molar-refractivity contribution in [1.29, 1.82) is 0 Å². The lowest BCUT2D eigenvalue weighted by Gasteiger charge is -2.25. The number of carbonyl (C=O) groups excluding carboxylic acids is 1. The molecule has 0 fully saturated rings. The van der Waals surface area contributed by atoms with Crippen LogP contribution in [0, 0.1) is 5.41 Å². The summed E-state index contributed by atoms with van der Waals surface area (Å²) in [5, 5.41) is 9.98. The maximum atomic E-state index is 12.1. The van der Waals surface area contributed by atoms with Crippen LogP contribution in [0.15, 0.2) is 11.6 Å². The molecule has 0 aliphatic heterocycles. The second-order valence-electron chi connectivity index (χ2n) is 5.82. The highest BCUT2D eigenvalue weighted by Crippen LogP contribution is 2.25. The van der Waals surface area contributed by atoms with Crippen LogP contribution in [0.2, 0.25) is 0 Å². The fourth-order valence-electron chi connectivity index (χ4n) is 1.98. The zero-order valence-electron chi connectivity index (χ0n) is 10.8. The van der Waals surface area contributed by atoms with Gasteiger partial charge in [0, 0.05) is 0 Å². The number of hydrogen-bond donors (Lipinski definition) is 1. The normalized spacial score (nSPS) is 20.6. The molecule has 1 atom stereocenters. The Balaban J connectivity index is 2.71. The Morgan fingerprint density at radius 1 is 1.25 bits per heavy atom. The minimum absolute atomic E-state index is 0.0607. The first kappa shape index (κ1) is 13.4. The third-order valence-corrected chi connectivity index (χ3v) is 3.18. The van der Waals surface area contributed by atoms with Gasteiger partial charge in [0.05, 0.1) is 0 Å². The van der Waals surface area contributed by atoms with E-state index in [0.717, 1.165) is 24.8 Å². The van der Waals surface area contributed by atoms with Crippen molar-refractivity contribution < 1.29 is 9.90 Å². The highest BCUT2D eigenvalue weighted by Gasteiger charge is 2.30. The van der Waals surface area contributed by atoms with Crippen LogP contribution >= 0.6 is 0 Å². The van der Waals surface area contributed by atoms with Crippen molar-refractivity contribution in [3.63, 3.8) is 0 Å². The van der Waals surface area contributed by atoms with Crippen LogP contribution in [-0.2, 0) is 4.79 Å². The minimum atomic E-state index is -0.863. The number of hydrogen-bond acceptors (Lipinski definition) is 2. The molecule has 0 saturated heterocycles. The highest BCUT2D eigenvalue weighted by atomic mass is 16.3. The minimum Gasteiger partial charge on any atom is -0.384 e. The Bertz CT molecular complexity index is 271. The number of ketones is 1. The van der Waals surface area contributed by atoms with Gasteiger partial charge in [0.2, 0.25) is 0 Å². The zero-order chi connectivity index (χ0) is 12.2. The van der Waals surface area contributed by atoms with E-state index in [-0.39, 0.29) is 11.2 Å². The van der Waals surface area contributed by atoms with E-state index in [1.807, 2.05) is 26.8 Å². The summed E-state index contributed by atoms with van der Waals surface area (Å²) in [5.41, 5.74) is 0.488. The van der Waals surface area contributed by atoms with Gasteiger partial charge in [-0.1, -0.05) is 39.7 Å². The van der Waals surface area contributed by atoms with Gasteiger partial charge in [-0.3, -0.25) is 4.79 Å². The molecule has 0 aromatic carbocycles. The molecule has 0 radical (unpaired) electrons. The summed E-state index contributed by atoms with van der Waals surface area (Å²) in [6, 6.07) is 0. The van der Waals surface area contributed by atoms with E-state index in [1.165, 1.54) is 19.3 Å². The van der Waals surface area contributed by atoms with Crippen LogP contribution in [0.5, 0.6) is 0 Å². The molecule has 0 aromatic rings.